The second-order valence-corrected chi connectivity index (χ2v) is 6.06. The van der Waals surface area contributed by atoms with Crippen molar-refractivity contribution in [2.24, 2.45) is 0 Å². The van der Waals surface area contributed by atoms with Gasteiger partial charge in [0.25, 0.3) is 0 Å². The minimum absolute atomic E-state index is 0.0336. The van der Waals surface area contributed by atoms with Gasteiger partial charge in [0.1, 0.15) is 11.0 Å². The van der Waals surface area contributed by atoms with Crippen molar-refractivity contribution in [3.05, 3.63) is 23.5 Å². The molecule has 0 bridgehead atoms. The molecule has 0 amide bonds. The summed E-state index contributed by atoms with van der Waals surface area (Å²) in [6.07, 6.45) is 2.09. The van der Waals surface area contributed by atoms with Crippen molar-refractivity contribution in [1.29, 1.82) is 5.26 Å². The molecule has 1 aromatic heterocycles. The van der Waals surface area contributed by atoms with Crippen LogP contribution in [0.1, 0.15) is 31.2 Å². The van der Waals surface area contributed by atoms with Gasteiger partial charge in [-0.3, -0.25) is 0 Å². The summed E-state index contributed by atoms with van der Waals surface area (Å²) >= 11 is 0. The lowest BCUT2D eigenvalue weighted by atomic mass is 10.2. The number of sulfone groups is 1. The standard InChI is InChI=1S/C11H12N2O2S/c1-2-8-3-6-11(10(7-12)13-8)16(14,15)9-4-5-9/h3,6,9H,2,4-5H2,1H3. The Labute approximate surface area is 94.9 Å². The minimum Gasteiger partial charge on any atom is -0.241 e. The highest BCUT2D eigenvalue weighted by atomic mass is 32.2. The molecule has 1 saturated carbocycles. The molecule has 1 aliphatic carbocycles. The van der Waals surface area contributed by atoms with Crippen LogP contribution in [0.25, 0.3) is 0 Å². The van der Waals surface area contributed by atoms with Crippen molar-refractivity contribution in [2.75, 3.05) is 0 Å². The third kappa shape index (κ3) is 1.81. The molecule has 1 aliphatic rings. The van der Waals surface area contributed by atoms with Gasteiger partial charge in [-0.05, 0) is 31.4 Å². The van der Waals surface area contributed by atoms with Crippen LogP contribution in [0.3, 0.4) is 0 Å². The van der Waals surface area contributed by atoms with Crippen molar-refractivity contribution < 1.29 is 8.42 Å². The fourth-order valence-corrected chi connectivity index (χ4v) is 3.29. The molecule has 0 atom stereocenters. The molecule has 84 valence electrons. The number of rotatable bonds is 3. The van der Waals surface area contributed by atoms with Crippen LogP contribution in [0.15, 0.2) is 17.0 Å². The molecule has 16 heavy (non-hydrogen) atoms. The highest BCUT2D eigenvalue weighted by Crippen LogP contribution is 2.34. The molecule has 2 rings (SSSR count). The van der Waals surface area contributed by atoms with Crippen LogP contribution in [-0.4, -0.2) is 18.7 Å². The molecule has 0 aliphatic heterocycles. The molecule has 5 heteroatoms. The van der Waals surface area contributed by atoms with E-state index < -0.39 is 9.84 Å². The first-order valence-corrected chi connectivity index (χ1v) is 6.78. The van der Waals surface area contributed by atoms with E-state index >= 15 is 0 Å². The maximum Gasteiger partial charge on any atom is 0.184 e. The normalized spacial score (nSPS) is 15.8. The van der Waals surface area contributed by atoms with Gasteiger partial charge in [-0.15, -0.1) is 0 Å². The number of aromatic nitrogens is 1. The van der Waals surface area contributed by atoms with Crippen LogP contribution in [0.5, 0.6) is 0 Å². The minimum atomic E-state index is -3.32. The Morgan fingerprint density at radius 2 is 2.19 bits per heavy atom. The molecule has 0 aromatic carbocycles. The molecule has 0 saturated heterocycles. The molecule has 1 heterocycles. The van der Waals surface area contributed by atoms with E-state index in [2.05, 4.69) is 4.98 Å². The van der Waals surface area contributed by atoms with Gasteiger partial charge in [0, 0.05) is 5.69 Å². The molecular formula is C11H12N2O2S. The zero-order valence-corrected chi connectivity index (χ0v) is 9.79. The topological polar surface area (TPSA) is 70.8 Å². The average molecular weight is 236 g/mol. The van der Waals surface area contributed by atoms with Crippen molar-refractivity contribution in [3.8, 4) is 6.07 Å². The maximum absolute atomic E-state index is 12.0. The Kier molecular flexibility index (Phi) is 2.68. The summed E-state index contributed by atoms with van der Waals surface area (Å²) in [5.41, 5.74) is 0.776. The molecule has 4 nitrogen and oxygen atoms in total. The fraction of sp³-hybridized carbons (Fsp3) is 0.455. The van der Waals surface area contributed by atoms with Gasteiger partial charge < -0.3 is 0 Å². The smallest absolute Gasteiger partial charge is 0.184 e. The van der Waals surface area contributed by atoms with Crippen molar-refractivity contribution in [3.63, 3.8) is 0 Å². The zero-order valence-electron chi connectivity index (χ0n) is 8.97. The Morgan fingerprint density at radius 3 is 2.69 bits per heavy atom. The number of pyridine rings is 1. The third-order valence-electron chi connectivity index (χ3n) is 2.65. The lowest BCUT2D eigenvalue weighted by Crippen LogP contribution is -2.10. The van der Waals surface area contributed by atoms with Gasteiger partial charge >= 0.3 is 0 Å². The van der Waals surface area contributed by atoms with E-state index in [1.165, 1.54) is 6.07 Å². The van der Waals surface area contributed by atoms with Crippen LogP contribution in [0.2, 0.25) is 0 Å². The average Bonchev–Trinajstić information content (AvgIpc) is 3.12. The van der Waals surface area contributed by atoms with Gasteiger partial charge in [0.2, 0.25) is 0 Å². The summed E-state index contributed by atoms with van der Waals surface area (Å²) in [7, 11) is -3.32. The van der Waals surface area contributed by atoms with Crippen LogP contribution in [-0.2, 0) is 16.3 Å². The Bertz CT molecular complexity index is 554. The molecule has 0 N–H and O–H groups in total. The van der Waals surface area contributed by atoms with Crippen molar-refractivity contribution in [2.45, 2.75) is 36.3 Å². The van der Waals surface area contributed by atoms with Crippen LogP contribution in [0.4, 0.5) is 0 Å². The first-order chi connectivity index (χ1) is 7.59. The Balaban J connectivity index is 2.53. The van der Waals surface area contributed by atoms with E-state index in [1.807, 2.05) is 13.0 Å². The number of hydrogen-bond donors (Lipinski definition) is 0. The highest BCUT2D eigenvalue weighted by molar-refractivity contribution is 7.92. The molecule has 1 fully saturated rings. The van der Waals surface area contributed by atoms with Gasteiger partial charge in [0.15, 0.2) is 15.5 Å². The third-order valence-corrected chi connectivity index (χ3v) is 4.95. The Hall–Kier alpha value is -1.41. The predicted octanol–water partition coefficient (Wildman–Crippen LogP) is 1.45. The van der Waals surface area contributed by atoms with E-state index in [9.17, 15) is 8.42 Å². The molecule has 1 aromatic rings. The highest BCUT2D eigenvalue weighted by Gasteiger charge is 2.38. The van der Waals surface area contributed by atoms with Gasteiger partial charge in [-0.25, -0.2) is 13.4 Å². The molecule has 0 spiro atoms. The van der Waals surface area contributed by atoms with Gasteiger partial charge in [0.05, 0.1) is 5.25 Å². The largest absolute Gasteiger partial charge is 0.241 e. The van der Waals surface area contributed by atoms with Crippen LogP contribution < -0.4 is 0 Å². The van der Waals surface area contributed by atoms with Gasteiger partial charge in [-0.1, -0.05) is 6.92 Å². The van der Waals surface area contributed by atoms with Gasteiger partial charge in [-0.2, -0.15) is 5.26 Å². The van der Waals surface area contributed by atoms with E-state index in [0.717, 1.165) is 5.69 Å². The molecule has 0 radical (unpaired) electrons. The molecule has 0 unspecified atom stereocenters. The Morgan fingerprint density at radius 1 is 1.50 bits per heavy atom. The summed E-state index contributed by atoms with van der Waals surface area (Å²) in [6.45, 7) is 1.92. The van der Waals surface area contributed by atoms with Crippen LogP contribution in [0, 0.1) is 11.3 Å². The second-order valence-electron chi connectivity index (χ2n) is 3.86. The molecular weight excluding hydrogens is 224 g/mol. The van der Waals surface area contributed by atoms with Crippen molar-refractivity contribution >= 4 is 9.84 Å². The number of aryl methyl sites for hydroxylation is 1. The maximum atomic E-state index is 12.0. The lowest BCUT2D eigenvalue weighted by Gasteiger charge is -2.05. The summed E-state index contributed by atoms with van der Waals surface area (Å²) in [5.74, 6) is 0. The zero-order chi connectivity index (χ0) is 11.8. The number of nitriles is 1. The van der Waals surface area contributed by atoms with E-state index in [1.54, 1.807) is 6.07 Å². The number of hydrogen-bond acceptors (Lipinski definition) is 4. The first kappa shape index (κ1) is 11.1. The fourth-order valence-electron chi connectivity index (χ4n) is 1.55. The summed E-state index contributed by atoms with van der Waals surface area (Å²) < 4.78 is 24.0. The summed E-state index contributed by atoms with van der Waals surface area (Å²) in [6, 6.07) is 5.06. The van der Waals surface area contributed by atoms with E-state index in [-0.39, 0.29) is 15.8 Å². The lowest BCUT2D eigenvalue weighted by molar-refractivity contribution is 0.594. The summed E-state index contributed by atoms with van der Waals surface area (Å²) in [4.78, 5) is 4.14. The van der Waals surface area contributed by atoms with E-state index in [4.69, 9.17) is 5.26 Å². The first-order valence-electron chi connectivity index (χ1n) is 5.23. The quantitative estimate of drug-likeness (QED) is 0.796. The second kappa shape index (κ2) is 3.87. The summed E-state index contributed by atoms with van der Waals surface area (Å²) in [5, 5.41) is 8.63. The monoisotopic (exact) mass is 236 g/mol. The SMILES string of the molecule is CCc1ccc(S(=O)(=O)C2CC2)c(C#N)n1. The predicted molar refractivity (Wildman–Crippen MR) is 58.5 cm³/mol. The van der Waals surface area contributed by atoms with E-state index in [0.29, 0.717) is 19.3 Å². The number of nitrogens with zero attached hydrogens (tertiary/aromatic N) is 2. The van der Waals surface area contributed by atoms with Crippen LogP contribution >= 0.6 is 0 Å². The van der Waals surface area contributed by atoms with Crippen molar-refractivity contribution in [1.82, 2.24) is 4.98 Å².